The van der Waals surface area contributed by atoms with E-state index in [0.29, 0.717) is 12.3 Å². The van der Waals surface area contributed by atoms with Crippen molar-refractivity contribution in [2.45, 2.75) is 38.6 Å². The number of aromatic nitrogens is 2. The number of hydrogen-bond acceptors (Lipinski definition) is 3. The number of benzene rings is 1. The van der Waals surface area contributed by atoms with Gasteiger partial charge < -0.3 is 15.5 Å². The molecule has 5 nitrogen and oxygen atoms in total. The molecular weight excluding hydrogens is 395 g/mol. The molecule has 2 aromatic heterocycles. The molecule has 3 aromatic rings. The summed E-state index contributed by atoms with van der Waals surface area (Å²) in [5.41, 5.74) is 10.9. The van der Waals surface area contributed by atoms with Gasteiger partial charge in [-0.1, -0.05) is 24.6 Å². The van der Waals surface area contributed by atoms with E-state index in [1.165, 1.54) is 0 Å². The van der Waals surface area contributed by atoms with Crippen LogP contribution in [0.5, 0.6) is 0 Å². The number of imidazole rings is 1. The largest absolute Gasteiger partial charge is 0.327 e. The lowest BCUT2D eigenvalue weighted by Crippen LogP contribution is -2.28. The number of amides is 1. The van der Waals surface area contributed by atoms with Crippen LogP contribution >= 0.6 is 24.8 Å². The summed E-state index contributed by atoms with van der Waals surface area (Å²) in [6, 6.07) is 12.1. The van der Waals surface area contributed by atoms with Gasteiger partial charge in [-0.25, -0.2) is 4.98 Å². The molecule has 1 fully saturated rings. The van der Waals surface area contributed by atoms with Crippen LogP contribution in [0.3, 0.4) is 0 Å². The fourth-order valence-electron chi connectivity index (χ4n) is 3.79. The van der Waals surface area contributed by atoms with Crippen molar-refractivity contribution < 1.29 is 4.79 Å². The number of hydrogen-bond donors (Lipinski definition) is 2. The monoisotopic (exact) mass is 420 g/mol. The van der Waals surface area contributed by atoms with Gasteiger partial charge in [0.2, 0.25) is 5.91 Å². The van der Waals surface area contributed by atoms with Crippen LogP contribution < -0.4 is 11.1 Å². The van der Waals surface area contributed by atoms with Crippen LogP contribution in [0.2, 0.25) is 0 Å². The number of pyridine rings is 1. The summed E-state index contributed by atoms with van der Waals surface area (Å²) in [5.74, 6) is 0.360. The molecule has 0 unspecified atom stereocenters. The molecule has 0 aliphatic heterocycles. The number of nitrogens with zero attached hydrogens (tertiary/aromatic N) is 2. The van der Waals surface area contributed by atoms with Crippen molar-refractivity contribution in [3.63, 3.8) is 0 Å². The lowest BCUT2D eigenvalue weighted by atomic mass is 10.00. The molecule has 0 saturated heterocycles. The van der Waals surface area contributed by atoms with E-state index < -0.39 is 0 Å². The molecule has 28 heavy (non-hydrogen) atoms. The molecule has 3 N–H and O–H groups in total. The van der Waals surface area contributed by atoms with Gasteiger partial charge in [0.15, 0.2) is 0 Å². The van der Waals surface area contributed by atoms with Crippen molar-refractivity contribution in [3.8, 4) is 11.3 Å². The highest BCUT2D eigenvalue weighted by molar-refractivity contribution is 5.91. The Balaban J connectivity index is 0.00000140. The molecule has 2 heterocycles. The molecule has 2 atom stereocenters. The highest BCUT2D eigenvalue weighted by atomic mass is 35.5. The lowest BCUT2D eigenvalue weighted by molar-refractivity contribution is -0.117. The number of nitrogens with one attached hydrogen (secondary N) is 1. The number of nitrogens with two attached hydrogens (primary N) is 1. The van der Waals surface area contributed by atoms with Crippen molar-refractivity contribution >= 4 is 42.1 Å². The maximum absolute atomic E-state index is 12.2. The third-order valence-corrected chi connectivity index (χ3v) is 5.31. The smallest absolute Gasteiger partial charge is 0.224 e. The van der Waals surface area contributed by atoms with Crippen LogP contribution in [-0.2, 0) is 4.79 Å². The molecule has 1 aliphatic rings. The lowest BCUT2D eigenvalue weighted by Gasteiger charge is -2.14. The molecule has 0 radical (unpaired) electrons. The van der Waals surface area contributed by atoms with Gasteiger partial charge in [-0.2, -0.15) is 0 Å². The Bertz CT molecular complexity index is 939. The first-order valence-electron chi connectivity index (χ1n) is 9.20. The van der Waals surface area contributed by atoms with Gasteiger partial charge in [-0.3, -0.25) is 4.79 Å². The number of halogens is 2. The number of carbonyl (C=O) groups is 1. The standard InChI is InChI=1S/C21H24N4O.2ClH/c1-14-4-3-11-25-13-19(24-21(14)25)15-7-9-17(10-8-15)23-20(26)12-16-5-2-6-18(16)22;;/h3-4,7-11,13,16,18H,2,5-6,12,22H2,1H3,(H,23,26);2*1H/t16-,18+;;/m0../s1. The van der Waals surface area contributed by atoms with Crippen LogP contribution in [-0.4, -0.2) is 21.3 Å². The Labute approximate surface area is 177 Å². The molecule has 0 bridgehead atoms. The van der Waals surface area contributed by atoms with E-state index in [0.717, 1.165) is 47.4 Å². The summed E-state index contributed by atoms with van der Waals surface area (Å²) in [6.45, 7) is 2.06. The average molecular weight is 421 g/mol. The predicted molar refractivity (Wildman–Crippen MR) is 118 cm³/mol. The molecule has 1 aromatic carbocycles. The zero-order chi connectivity index (χ0) is 18.1. The Kier molecular flexibility index (Phi) is 7.47. The minimum Gasteiger partial charge on any atom is -0.327 e. The first-order chi connectivity index (χ1) is 12.6. The van der Waals surface area contributed by atoms with Gasteiger partial charge in [0.1, 0.15) is 5.65 Å². The van der Waals surface area contributed by atoms with Crippen molar-refractivity contribution in [1.29, 1.82) is 0 Å². The van der Waals surface area contributed by atoms with Gasteiger partial charge in [0.25, 0.3) is 0 Å². The number of fused-ring (bicyclic) bond motifs is 1. The van der Waals surface area contributed by atoms with E-state index in [2.05, 4.69) is 18.3 Å². The highest BCUT2D eigenvalue weighted by Crippen LogP contribution is 2.27. The van der Waals surface area contributed by atoms with Crippen molar-refractivity contribution in [3.05, 3.63) is 54.4 Å². The third-order valence-electron chi connectivity index (χ3n) is 5.31. The average Bonchev–Trinajstić information content (AvgIpc) is 3.23. The molecule has 7 heteroatoms. The third kappa shape index (κ3) is 4.66. The molecule has 4 rings (SSSR count). The first kappa shape index (κ1) is 22.2. The van der Waals surface area contributed by atoms with Crippen LogP contribution in [0.1, 0.15) is 31.2 Å². The van der Waals surface area contributed by atoms with Crippen LogP contribution in [0, 0.1) is 12.8 Å². The van der Waals surface area contributed by atoms with Gasteiger partial charge in [0.05, 0.1) is 5.69 Å². The topological polar surface area (TPSA) is 72.4 Å². The molecule has 1 aliphatic carbocycles. The maximum Gasteiger partial charge on any atom is 0.224 e. The molecule has 0 spiro atoms. The van der Waals surface area contributed by atoms with Gasteiger partial charge in [0, 0.05) is 36.1 Å². The first-order valence-corrected chi connectivity index (χ1v) is 9.20. The molecular formula is C21H26Cl2N4O. The summed E-state index contributed by atoms with van der Waals surface area (Å²) in [7, 11) is 0. The number of aryl methyl sites for hydroxylation is 1. The van der Waals surface area contributed by atoms with Crippen LogP contribution in [0.4, 0.5) is 5.69 Å². The minimum absolute atomic E-state index is 0. The summed E-state index contributed by atoms with van der Waals surface area (Å²) in [6.07, 6.45) is 7.76. The Morgan fingerprint density at radius 1 is 1.21 bits per heavy atom. The van der Waals surface area contributed by atoms with Gasteiger partial charge >= 0.3 is 0 Å². The van der Waals surface area contributed by atoms with E-state index in [9.17, 15) is 4.79 Å². The van der Waals surface area contributed by atoms with E-state index in [1.807, 2.05) is 47.1 Å². The fourth-order valence-corrected chi connectivity index (χ4v) is 3.79. The van der Waals surface area contributed by atoms with Crippen LogP contribution in [0.25, 0.3) is 16.9 Å². The fraction of sp³-hybridized carbons (Fsp3) is 0.333. The Morgan fingerprint density at radius 3 is 2.61 bits per heavy atom. The highest BCUT2D eigenvalue weighted by Gasteiger charge is 2.26. The van der Waals surface area contributed by atoms with E-state index in [4.69, 9.17) is 10.7 Å². The molecule has 1 amide bonds. The Hall–Kier alpha value is -2.08. The second kappa shape index (κ2) is 9.41. The van der Waals surface area contributed by atoms with Crippen molar-refractivity contribution in [2.75, 3.05) is 5.32 Å². The second-order valence-electron chi connectivity index (χ2n) is 7.23. The van der Waals surface area contributed by atoms with E-state index in [1.54, 1.807) is 0 Å². The normalized spacial score (nSPS) is 18.4. The number of rotatable bonds is 4. The van der Waals surface area contributed by atoms with E-state index >= 15 is 0 Å². The predicted octanol–water partition coefficient (Wildman–Crippen LogP) is 4.61. The van der Waals surface area contributed by atoms with Crippen LogP contribution in [0.15, 0.2) is 48.8 Å². The van der Waals surface area contributed by atoms with Crippen molar-refractivity contribution in [2.24, 2.45) is 11.7 Å². The molecule has 150 valence electrons. The Morgan fingerprint density at radius 2 is 1.96 bits per heavy atom. The summed E-state index contributed by atoms with van der Waals surface area (Å²) in [4.78, 5) is 17.0. The second-order valence-corrected chi connectivity index (χ2v) is 7.23. The summed E-state index contributed by atoms with van der Waals surface area (Å²) in [5, 5.41) is 2.98. The summed E-state index contributed by atoms with van der Waals surface area (Å²) >= 11 is 0. The zero-order valence-corrected chi connectivity index (χ0v) is 17.4. The van der Waals surface area contributed by atoms with E-state index in [-0.39, 0.29) is 36.8 Å². The minimum atomic E-state index is 0. The maximum atomic E-state index is 12.2. The van der Waals surface area contributed by atoms with Gasteiger partial charge in [-0.15, -0.1) is 24.8 Å². The summed E-state index contributed by atoms with van der Waals surface area (Å²) < 4.78 is 2.03. The van der Waals surface area contributed by atoms with Crippen molar-refractivity contribution in [1.82, 2.24) is 9.38 Å². The number of carbonyl (C=O) groups excluding carboxylic acids is 1. The van der Waals surface area contributed by atoms with Gasteiger partial charge in [-0.05, 0) is 49.4 Å². The zero-order valence-electron chi connectivity index (χ0n) is 15.8. The number of anilines is 1. The SMILES string of the molecule is Cc1cccn2cc(-c3ccc(NC(=O)C[C@@H]4CCC[C@H]4N)cc3)nc12.Cl.Cl. The molecule has 1 saturated carbocycles. The quantitative estimate of drug-likeness (QED) is 0.646.